The van der Waals surface area contributed by atoms with Gasteiger partial charge in [-0.2, -0.15) is 5.10 Å². The van der Waals surface area contributed by atoms with E-state index in [0.717, 1.165) is 40.3 Å². The highest BCUT2D eigenvalue weighted by Crippen LogP contribution is 2.31. The molecule has 0 saturated heterocycles. The van der Waals surface area contributed by atoms with Crippen LogP contribution in [0.3, 0.4) is 0 Å². The van der Waals surface area contributed by atoms with Crippen LogP contribution in [0.2, 0.25) is 0 Å². The molecule has 5 rings (SSSR count). The minimum atomic E-state index is -0.941. The molecule has 4 aromatic rings. The molecule has 1 N–H and O–H groups in total. The Labute approximate surface area is 186 Å². The van der Waals surface area contributed by atoms with Crippen LogP contribution < -0.4 is 4.74 Å². The molecule has 162 valence electrons. The Balaban J connectivity index is 1.50. The molecule has 6 heteroatoms. The summed E-state index contributed by atoms with van der Waals surface area (Å²) in [5.74, 6) is 0.911. The van der Waals surface area contributed by atoms with Crippen molar-refractivity contribution in [2.75, 3.05) is 6.61 Å². The van der Waals surface area contributed by atoms with Gasteiger partial charge in [0.15, 0.2) is 11.4 Å². The van der Waals surface area contributed by atoms with Crippen LogP contribution in [0.1, 0.15) is 46.7 Å². The highest BCUT2D eigenvalue weighted by atomic mass is 16.5. The van der Waals surface area contributed by atoms with Crippen molar-refractivity contribution in [1.29, 1.82) is 0 Å². The molecular formula is C26H25N3O3. The Hall–Kier alpha value is -3.51. The van der Waals surface area contributed by atoms with E-state index in [9.17, 15) is 9.90 Å². The number of carbonyl (C=O) groups excluding carboxylic acids is 1. The molecule has 2 aromatic carbocycles. The molecule has 0 spiro atoms. The number of aryl methyl sites for hydroxylation is 1. The number of Topliss-reactive ketones (excluding diaryl/α,β-unsaturated/α-hetero) is 1. The average molecular weight is 428 g/mol. The van der Waals surface area contributed by atoms with Crippen LogP contribution in [0, 0.1) is 6.92 Å². The number of hydrogen-bond donors (Lipinski definition) is 1. The van der Waals surface area contributed by atoms with Crippen molar-refractivity contribution in [3.63, 3.8) is 0 Å². The van der Waals surface area contributed by atoms with Crippen molar-refractivity contribution in [2.45, 2.75) is 39.2 Å². The van der Waals surface area contributed by atoms with Crippen molar-refractivity contribution in [3.05, 3.63) is 82.7 Å². The van der Waals surface area contributed by atoms with E-state index < -0.39 is 5.60 Å². The lowest BCUT2D eigenvalue weighted by Gasteiger charge is -2.17. The van der Waals surface area contributed by atoms with Gasteiger partial charge in [0.1, 0.15) is 5.75 Å². The minimum Gasteiger partial charge on any atom is -0.493 e. The van der Waals surface area contributed by atoms with Gasteiger partial charge >= 0.3 is 0 Å². The predicted octanol–water partition coefficient (Wildman–Crippen LogP) is 4.29. The first kappa shape index (κ1) is 20.4. The van der Waals surface area contributed by atoms with Crippen LogP contribution in [0.5, 0.6) is 5.75 Å². The third-order valence-electron chi connectivity index (χ3n) is 5.84. The molecule has 1 aliphatic heterocycles. The van der Waals surface area contributed by atoms with Crippen LogP contribution in [-0.4, -0.2) is 32.1 Å². The molecule has 3 heterocycles. The number of aliphatic hydroxyl groups is 1. The molecule has 1 aliphatic rings. The van der Waals surface area contributed by atoms with Crippen molar-refractivity contribution in [2.24, 2.45) is 0 Å². The monoisotopic (exact) mass is 427 g/mol. The van der Waals surface area contributed by atoms with Crippen LogP contribution in [0.4, 0.5) is 0 Å². The standard InChI is InChI=1S/C26H25N3O3/c1-16-12-25-27-21(15-23(30)17-4-7-20(8-5-17)26(2,3)31)14-22(29(25)28-16)18-6-9-24-19(13-18)10-11-32-24/h4-9,12-14,31H,10-11,15H2,1-3H3. The second-order valence-corrected chi connectivity index (χ2v) is 8.85. The van der Waals surface area contributed by atoms with Gasteiger partial charge in [0.25, 0.3) is 0 Å². The zero-order valence-electron chi connectivity index (χ0n) is 18.4. The molecule has 0 atom stereocenters. The van der Waals surface area contributed by atoms with E-state index in [-0.39, 0.29) is 12.2 Å². The zero-order chi connectivity index (χ0) is 22.5. The van der Waals surface area contributed by atoms with Crippen molar-refractivity contribution >= 4 is 11.4 Å². The van der Waals surface area contributed by atoms with E-state index in [1.165, 1.54) is 5.56 Å². The van der Waals surface area contributed by atoms with Gasteiger partial charge in [0, 0.05) is 23.6 Å². The van der Waals surface area contributed by atoms with Crippen LogP contribution in [0.15, 0.2) is 54.6 Å². The molecule has 32 heavy (non-hydrogen) atoms. The number of nitrogens with zero attached hydrogens (tertiary/aromatic N) is 3. The predicted molar refractivity (Wildman–Crippen MR) is 122 cm³/mol. The van der Waals surface area contributed by atoms with Gasteiger partial charge in [0.2, 0.25) is 0 Å². The highest BCUT2D eigenvalue weighted by molar-refractivity contribution is 5.97. The summed E-state index contributed by atoms with van der Waals surface area (Å²) >= 11 is 0. The summed E-state index contributed by atoms with van der Waals surface area (Å²) in [6, 6.07) is 17.1. The first-order valence-corrected chi connectivity index (χ1v) is 10.8. The Morgan fingerprint density at radius 2 is 1.91 bits per heavy atom. The van der Waals surface area contributed by atoms with Crippen molar-refractivity contribution < 1.29 is 14.6 Å². The SMILES string of the molecule is Cc1cc2nc(CC(=O)c3ccc(C(C)(C)O)cc3)cc(-c3ccc4c(c3)CCO4)n2n1. The van der Waals surface area contributed by atoms with Gasteiger partial charge in [-0.25, -0.2) is 9.50 Å². The molecular weight excluding hydrogens is 402 g/mol. The van der Waals surface area contributed by atoms with Gasteiger partial charge in [-0.1, -0.05) is 24.3 Å². The zero-order valence-corrected chi connectivity index (χ0v) is 18.4. The number of hydrogen-bond acceptors (Lipinski definition) is 5. The third-order valence-corrected chi connectivity index (χ3v) is 5.84. The molecule has 2 aromatic heterocycles. The van der Waals surface area contributed by atoms with Gasteiger partial charge in [-0.15, -0.1) is 0 Å². The minimum absolute atomic E-state index is 0.0197. The van der Waals surface area contributed by atoms with Gasteiger partial charge in [-0.05, 0) is 56.2 Å². The molecule has 0 fully saturated rings. The summed E-state index contributed by atoms with van der Waals surface area (Å²) < 4.78 is 7.47. The quantitative estimate of drug-likeness (QED) is 0.481. The first-order valence-electron chi connectivity index (χ1n) is 10.8. The number of aromatic nitrogens is 3. The first-order chi connectivity index (χ1) is 15.3. The highest BCUT2D eigenvalue weighted by Gasteiger charge is 2.19. The fraction of sp³-hybridized carbons (Fsp3) is 0.269. The van der Waals surface area contributed by atoms with E-state index in [2.05, 4.69) is 11.2 Å². The van der Waals surface area contributed by atoms with E-state index in [4.69, 9.17) is 9.72 Å². The molecule has 0 amide bonds. The Morgan fingerprint density at radius 3 is 2.66 bits per heavy atom. The number of benzene rings is 2. The molecule has 0 radical (unpaired) electrons. The lowest BCUT2D eigenvalue weighted by Crippen LogP contribution is -2.15. The maximum Gasteiger partial charge on any atom is 0.168 e. The summed E-state index contributed by atoms with van der Waals surface area (Å²) in [4.78, 5) is 17.7. The Morgan fingerprint density at radius 1 is 1.12 bits per heavy atom. The summed E-state index contributed by atoms with van der Waals surface area (Å²) in [5, 5.41) is 14.8. The Kier molecular flexibility index (Phi) is 4.82. The molecule has 0 saturated carbocycles. The van der Waals surface area contributed by atoms with Crippen LogP contribution >= 0.6 is 0 Å². The van der Waals surface area contributed by atoms with E-state index >= 15 is 0 Å². The average Bonchev–Trinajstić information content (AvgIpc) is 3.37. The second kappa shape index (κ2) is 7.57. The number of ether oxygens (including phenoxy) is 1. The molecule has 0 aliphatic carbocycles. The summed E-state index contributed by atoms with van der Waals surface area (Å²) in [5.41, 5.74) is 5.81. The summed E-state index contributed by atoms with van der Waals surface area (Å²) in [6.45, 7) is 6.09. The van der Waals surface area contributed by atoms with Crippen molar-refractivity contribution in [1.82, 2.24) is 14.6 Å². The van der Waals surface area contributed by atoms with Crippen LogP contribution in [-0.2, 0) is 18.4 Å². The third kappa shape index (κ3) is 3.78. The van der Waals surface area contributed by atoms with E-state index in [1.807, 2.05) is 35.7 Å². The number of carbonyl (C=O) groups is 1. The van der Waals surface area contributed by atoms with Gasteiger partial charge < -0.3 is 9.84 Å². The van der Waals surface area contributed by atoms with Crippen molar-refractivity contribution in [3.8, 4) is 17.0 Å². The number of ketones is 1. The van der Waals surface area contributed by atoms with Gasteiger partial charge in [-0.3, -0.25) is 4.79 Å². The molecule has 0 bridgehead atoms. The topological polar surface area (TPSA) is 76.7 Å². The van der Waals surface area contributed by atoms with E-state index in [0.29, 0.717) is 17.9 Å². The summed E-state index contributed by atoms with van der Waals surface area (Å²) in [6.07, 6.45) is 1.07. The summed E-state index contributed by atoms with van der Waals surface area (Å²) in [7, 11) is 0. The maximum absolute atomic E-state index is 13.0. The lowest BCUT2D eigenvalue weighted by atomic mass is 9.96. The molecule has 0 unspecified atom stereocenters. The second-order valence-electron chi connectivity index (χ2n) is 8.85. The van der Waals surface area contributed by atoms with Crippen LogP contribution in [0.25, 0.3) is 16.9 Å². The number of fused-ring (bicyclic) bond motifs is 2. The normalized spacial score (nSPS) is 13.2. The molecule has 6 nitrogen and oxygen atoms in total. The van der Waals surface area contributed by atoms with E-state index in [1.54, 1.807) is 38.1 Å². The van der Waals surface area contributed by atoms with Gasteiger partial charge in [0.05, 0.1) is 35.7 Å². The number of rotatable bonds is 5. The fourth-order valence-electron chi connectivity index (χ4n) is 4.11. The Bertz CT molecular complexity index is 1330. The lowest BCUT2D eigenvalue weighted by molar-refractivity contribution is 0.0784. The fourth-order valence-corrected chi connectivity index (χ4v) is 4.11. The maximum atomic E-state index is 13.0. The smallest absolute Gasteiger partial charge is 0.168 e. The largest absolute Gasteiger partial charge is 0.493 e.